The van der Waals surface area contributed by atoms with Crippen LogP contribution in [0.1, 0.15) is 5.56 Å². The SMILES string of the molecule is N[C@@H]1CN=CC2(O1)C1=C(NCC(Br)=C1)Oc1ccc(I)cc12. The molecule has 5 nitrogen and oxygen atoms in total. The van der Waals surface area contributed by atoms with Gasteiger partial charge in [-0.3, -0.25) is 4.99 Å². The molecule has 0 bridgehead atoms. The van der Waals surface area contributed by atoms with Gasteiger partial charge in [-0.2, -0.15) is 0 Å². The van der Waals surface area contributed by atoms with E-state index < -0.39 is 11.8 Å². The highest BCUT2D eigenvalue weighted by Crippen LogP contribution is 2.47. The lowest BCUT2D eigenvalue weighted by Crippen LogP contribution is -2.49. The lowest BCUT2D eigenvalue weighted by Gasteiger charge is -2.42. The van der Waals surface area contributed by atoms with Crippen molar-refractivity contribution in [1.82, 2.24) is 5.32 Å². The van der Waals surface area contributed by atoms with Gasteiger partial charge in [0.15, 0.2) is 5.60 Å². The van der Waals surface area contributed by atoms with Gasteiger partial charge in [-0.05, 0) is 46.9 Å². The van der Waals surface area contributed by atoms with E-state index in [0.29, 0.717) is 19.0 Å². The van der Waals surface area contributed by atoms with Gasteiger partial charge in [0.2, 0.25) is 5.88 Å². The molecule has 0 fully saturated rings. The van der Waals surface area contributed by atoms with Crippen molar-refractivity contribution in [3.63, 3.8) is 0 Å². The monoisotopic (exact) mass is 473 g/mol. The molecule has 0 saturated carbocycles. The van der Waals surface area contributed by atoms with Crippen LogP contribution in [0, 0.1) is 3.57 Å². The number of benzene rings is 1. The molecule has 0 amide bonds. The Balaban J connectivity index is 1.98. The van der Waals surface area contributed by atoms with E-state index in [2.05, 4.69) is 54.9 Å². The van der Waals surface area contributed by atoms with Crippen molar-refractivity contribution in [2.24, 2.45) is 10.7 Å². The number of hydrogen-bond donors (Lipinski definition) is 2. The van der Waals surface area contributed by atoms with Crippen LogP contribution in [0.3, 0.4) is 0 Å². The zero-order valence-corrected chi connectivity index (χ0v) is 15.2. The maximum absolute atomic E-state index is 6.20. The Kier molecular flexibility index (Phi) is 3.55. The van der Waals surface area contributed by atoms with Gasteiger partial charge in [0.1, 0.15) is 12.0 Å². The predicted molar refractivity (Wildman–Crippen MR) is 95.9 cm³/mol. The third-order valence-electron chi connectivity index (χ3n) is 3.81. The normalized spacial score (nSPS) is 29.4. The predicted octanol–water partition coefficient (Wildman–Crippen LogP) is 2.36. The van der Waals surface area contributed by atoms with Crippen molar-refractivity contribution in [3.05, 3.63) is 49.3 Å². The first-order valence-corrected chi connectivity index (χ1v) is 8.72. The summed E-state index contributed by atoms with van der Waals surface area (Å²) in [5.74, 6) is 1.45. The number of hydrogen-bond acceptors (Lipinski definition) is 5. The van der Waals surface area contributed by atoms with Gasteiger partial charge in [-0.15, -0.1) is 0 Å². The second-order valence-electron chi connectivity index (χ2n) is 5.32. The molecule has 1 aromatic rings. The molecular formula is C15H13BrIN3O2. The molecule has 114 valence electrons. The van der Waals surface area contributed by atoms with Gasteiger partial charge in [0, 0.05) is 26.4 Å². The standard InChI is InChI=1S/C15H13BrIN3O2/c16-8-3-11-14(20-5-8)21-12-2-1-9(17)4-10(12)15(11)7-19-6-13(18)22-15/h1-4,7,13,20H,5-6,18H2/t13-,15?/m0/s1. The van der Waals surface area contributed by atoms with Gasteiger partial charge in [-0.1, -0.05) is 15.9 Å². The zero-order valence-electron chi connectivity index (χ0n) is 11.5. The number of rotatable bonds is 0. The summed E-state index contributed by atoms with van der Waals surface area (Å²) >= 11 is 5.83. The van der Waals surface area contributed by atoms with Gasteiger partial charge < -0.3 is 20.5 Å². The summed E-state index contributed by atoms with van der Waals surface area (Å²) in [4.78, 5) is 4.44. The van der Waals surface area contributed by atoms with Crippen molar-refractivity contribution < 1.29 is 9.47 Å². The van der Waals surface area contributed by atoms with Crippen LogP contribution in [0.25, 0.3) is 0 Å². The van der Waals surface area contributed by atoms with Crippen molar-refractivity contribution in [2.45, 2.75) is 11.8 Å². The highest BCUT2D eigenvalue weighted by atomic mass is 127. The summed E-state index contributed by atoms with van der Waals surface area (Å²) < 4.78 is 14.3. The van der Waals surface area contributed by atoms with Crippen LogP contribution in [-0.2, 0) is 10.3 Å². The molecule has 0 aliphatic carbocycles. The quantitative estimate of drug-likeness (QED) is 0.567. The summed E-state index contributed by atoms with van der Waals surface area (Å²) in [7, 11) is 0. The summed E-state index contributed by atoms with van der Waals surface area (Å²) in [6.07, 6.45) is 3.42. The van der Waals surface area contributed by atoms with E-state index in [4.69, 9.17) is 15.2 Å². The fraction of sp³-hybridized carbons (Fsp3) is 0.267. The first-order chi connectivity index (χ1) is 10.6. The molecule has 3 N–H and O–H groups in total. The second kappa shape index (κ2) is 5.33. The fourth-order valence-electron chi connectivity index (χ4n) is 2.89. The Morgan fingerprint density at radius 1 is 1.45 bits per heavy atom. The third kappa shape index (κ3) is 2.22. The van der Waals surface area contributed by atoms with Crippen LogP contribution in [0.5, 0.6) is 5.75 Å². The Morgan fingerprint density at radius 2 is 2.32 bits per heavy atom. The van der Waals surface area contributed by atoms with E-state index in [1.165, 1.54) is 0 Å². The minimum Gasteiger partial charge on any atom is -0.441 e. The Morgan fingerprint density at radius 3 is 3.14 bits per heavy atom. The van der Waals surface area contributed by atoms with Crippen LogP contribution in [0.2, 0.25) is 0 Å². The van der Waals surface area contributed by atoms with Gasteiger partial charge >= 0.3 is 0 Å². The van der Waals surface area contributed by atoms with Crippen molar-refractivity contribution in [2.75, 3.05) is 13.1 Å². The van der Waals surface area contributed by atoms with Crippen molar-refractivity contribution in [1.29, 1.82) is 0 Å². The molecule has 3 heterocycles. The molecule has 0 aromatic heterocycles. The number of nitrogens with two attached hydrogens (primary N) is 1. The van der Waals surface area contributed by atoms with Crippen molar-refractivity contribution >= 4 is 44.7 Å². The molecule has 1 unspecified atom stereocenters. The summed E-state index contributed by atoms with van der Waals surface area (Å²) in [5, 5.41) is 3.27. The first-order valence-electron chi connectivity index (χ1n) is 6.85. The van der Waals surface area contributed by atoms with Gasteiger partial charge in [0.05, 0.1) is 12.1 Å². The van der Waals surface area contributed by atoms with E-state index in [0.717, 1.165) is 24.9 Å². The van der Waals surface area contributed by atoms with E-state index >= 15 is 0 Å². The van der Waals surface area contributed by atoms with E-state index in [1.54, 1.807) is 0 Å². The maximum atomic E-state index is 6.20. The Bertz CT molecular complexity index is 746. The average Bonchev–Trinajstić information content (AvgIpc) is 2.49. The third-order valence-corrected chi connectivity index (χ3v) is 4.99. The molecular weight excluding hydrogens is 461 g/mol. The number of ether oxygens (including phenoxy) is 2. The molecule has 4 rings (SSSR count). The molecule has 1 spiro atoms. The van der Waals surface area contributed by atoms with Crippen LogP contribution in [0.15, 0.2) is 45.2 Å². The molecule has 3 aliphatic rings. The minimum atomic E-state index is -0.811. The topological polar surface area (TPSA) is 68.9 Å². The Hall–Kier alpha value is -0.900. The largest absolute Gasteiger partial charge is 0.441 e. The number of nitrogens with one attached hydrogen (secondary N) is 1. The number of aliphatic imine (C=N–C) groups is 1. The molecule has 2 atom stereocenters. The minimum absolute atomic E-state index is 0.448. The highest BCUT2D eigenvalue weighted by molar-refractivity contribution is 14.1. The van der Waals surface area contributed by atoms with E-state index in [9.17, 15) is 0 Å². The summed E-state index contributed by atoms with van der Waals surface area (Å²) in [6, 6.07) is 6.02. The van der Waals surface area contributed by atoms with Crippen molar-refractivity contribution in [3.8, 4) is 5.75 Å². The van der Waals surface area contributed by atoms with E-state index in [-0.39, 0.29) is 0 Å². The van der Waals surface area contributed by atoms with Crippen LogP contribution in [-0.4, -0.2) is 25.5 Å². The number of fused-ring (bicyclic) bond motifs is 3. The maximum Gasteiger partial charge on any atom is 0.200 e. The number of halogens is 2. The molecule has 0 saturated heterocycles. The van der Waals surface area contributed by atoms with Crippen LogP contribution < -0.4 is 15.8 Å². The van der Waals surface area contributed by atoms with Gasteiger partial charge in [-0.25, -0.2) is 0 Å². The average molecular weight is 474 g/mol. The van der Waals surface area contributed by atoms with Gasteiger partial charge in [0.25, 0.3) is 0 Å². The molecule has 7 heteroatoms. The molecule has 1 aromatic carbocycles. The summed E-state index contributed by atoms with van der Waals surface area (Å²) in [5.41, 5.74) is 7.04. The molecule has 3 aliphatic heterocycles. The smallest absolute Gasteiger partial charge is 0.200 e. The first kappa shape index (κ1) is 14.7. The van der Waals surface area contributed by atoms with Crippen LogP contribution >= 0.6 is 38.5 Å². The van der Waals surface area contributed by atoms with E-state index in [1.807, 2.05) is 24.4 Å². The Labute approximate surface area is 149 Å². The highest BCUT2D eigenvalue weighted by Gasteiger charge is 2.47. The zero-order chi connectivity index (χ0) is 15.3. The molecule has 22 heavy (non-hydrogen) atoms. The fourth-order valence-corrected chi connectivity index (χ4v) is 3.75. The second-order valence-corrected chi connectivity index (χ2v) is 7.58. The number of dihydropyridines is 1. The summed E-state index contributed by atoms with van der Waals surface area (Å²) in [6.45, 7) is 1.14. The number of nitrogens with zero attached hydrogens (tertiary/aromatic N) is 1. The lowest BCUT2D eigenvalue weighted by atomic mass is 9.83. The van der Waals surface area contributed by atoms with Crippen LogP contribution in [0.4, 0.5) is 0 Å². The lowest BCUT2D eigenvalue weighted by molar-refractivity contribution is -0.0340. The molecule has 0 radical (unpaired) electrons.